The molecular formula is C15H18ClN3OS2. The van der Waals surface area contributed by atoms with Crippen LogP contribution in [-0.4, -0.2) is 21.9 Å². The zero-order chi connectivity index (χ0) is 15.9. The van der Waals surface area contributed by atoms with Gasteiger partial charge in [-0.15, -0.1) is 22.0 Å². The summed E-state index contributed by atoms with van der Waals surface area (Å²) in [5.41, 5.74) is 0. The Labute approximate surface area is 143 Å². The Hall–Kier alpha value is -1.11. The quantitative estimate of drug-likeness (QED) is 0.742. The van der Waals surface area contributed by atoms with E-state index < -0.39 is 0 Å². The van der Waals surface area contributed by atoms with Gasteiger partial charge in [0.2, 0.25) is 11.0 Å². The summed E-state index contributed by atoms with van der Waals surface area (Å²) in [6, 6.07) is 7.60. The van der Waals surface area contributed by atoms with Gasteiger partial charge in [0.25, 0.3) is 0 Å². The van der Waals surface area contributed by atoms with Gasteiger partial charge in [-0.3, -0.25) is 4.79 Å². The summed E-state index contributed by atoms with van der Waals surface area (Å²) >= 11 is 8.91. The van der Waals surface area contributed by atoms with Crippen molar-refractivity contribution in [3.8, 4) is 0 Å². The first-order chi connectivity index (χ1) is 10.5. The fourth-order valence-electron chi connectivity index (χ4n) is 1.71. The molecule has 1 aromatic heterocycles. The molecule has 0 unspecified atom stereocenters. The van der Waals surface area contributed by atoms with Gasteiger partial charge in [0, 0.05) is 28.5 Å². The van der Waals surface area contributed by atoms with Crippen LogP contribution in [0.1, 0.15) is 25.3 Å². The Balaban J connectivity index is 1.73. The van der Waals surface area contributed by atoms with Crippen LogP contribution in [0.5, 0.6) is 0 Å². The van der Waals surface area contributed by atoms with E-state index in [9.17, 15) is 4.79 Å². The molecule has 0 radical (unpaired) electrons. The van der Waals surface area contributed by atoms with Crippen molar-refractivity contribution in [2.45, 2.75) is 31.6 Å². The zero-order valence-corrected chi connectivity index (χ0v) is 14.9. The number of hydrogen-bond acceptors (Lipinski definition) is 5. The van der Waals surface area contributed by atoms with Crippen molar-refractivity contribution in [3.63, 3.8) is 0 Å². The number of amides is 1. The van der Waals surface area contributed by atoms with Gasteiger partial charge in [-0.25, -0.2) is 0 Å². The predicted octanol–water partition coefficient (Wildman–Crippen LogP) is 4.51. The number of carbonyl (C=O) groups is 1. The molecule has 22 heavy (non-hydrogen) atoms. The van der Waals surface area contributed by atoms with Crippen molar-refractivity contribution >= 4 is 45.7 Å². The summed E-state index contributed by atoms with van der Waals surface area (Å²) in [4.78, 5) is 13.0. The standard InChI is InChI=1S/C15H18ClN3OS2/c1-10(2)9-14-18-19-15(22-14)17-13(20)7-8-21-12-5-3-11(16)4-6-12/h3-6,10H,7-9H2,1-2H3,(H,17,19,20). The van der Waals surface area contributed by atoms with Crippen LogP contribution < -0.4 is 5.32 Å². The monoisotopic (exact) mass is 355 g/mol. The lowest BCUT2D eigenvalue weighted by atomic mass is 10.1. The van der Waals surface area contributed by atoms with Crippen molar-refractivity contribution in [2.24, 2.45) is 5.92 Å². The van der Waals surface area contributed by atoms with Gasteiger partial charge in [0.1, 0.15) is 5.01 Å². The molecule has 0 fully saturated rings. The van der Waals surface area contributed by atoms with E-state index in [1.807, 2.05) is 24.3 Å². The first-order valence-electron chi connectivity index (χ1n) is 7.03. The molecule has 0 aliphatic carbocycles. The van der Waals surface area contributed by atoms with Crippen molar-refractivity contribution in [2.75, 3.05) is 11.1 Å². The molecule has 7 heteroatoms. The van der Waals surface area contributed by atoms with E-state index in [0.29, 0.717) is 23.2 Å². The van der Waals surface area contributed by atoms with E-state index in [1.54, 1.807) is 11.8 Å². The summed E-state index contributed by atoms with van der Waals surface area (Å²) in [5.74, 6) is 1.21. The van der Waals surface area contributed by atoms with E-state index >= 15 is 0 Å². The molecule has 0 saturated carbocycles. The van der Waals surface area contributed by atoms with Crippen molar-refractivity contribution in [3.05, 3.63) is 34.3 Å². The highest BCUT2D eigenvalue weighted by Gasteiger charge is 2.09. The average molecular weight is 356 g/mol. The summed E-state index contributed by atoms with van der Waals surface area (Å²) in [5, 5.41) is 13.1. The molecule has 0 bridgehead atoms. The van der Waals surface area contributed by atoms with Gasteiger partial charge in [-0.1, -0.05) is 36.8 Å². The first-order valence-corrected chi connectivity index (χ1v) is 9.21. The normalized spacial score (nSPS) is 10.9. The summed E-state index contributed by atoms with van der Waals surface area (Å²) in [6.45, 7) is 4.27. The Kier molecular flexibility index (Phi) is 6.67. The molecule has 1 heterocycles. The zero-order valence-electron chi connectivity index (χ0n) is 12.5. The molecule has 0 aliphatic heterocycles. The topological polar surface area (TPSA) is 54.9 Å². The number of nitrogens with one attached hydrogen (secondary N) is 1. The number of halogens is 1. The highest BCUT2D eigenvalue weighted by atomic mass is 35.5. The number of aromatic nitrogens is 2. The lowest BCUT2D eigenvalue weighted by Crippen LogP contribution is -2.11. The number of thioether (sulfide) groups is 1. The fourth-order valence-corrected chi connectivity index (χ4v) is 3.66. The molecule has 1 amide bonds. The van der Waals surface area contributed by atoms with Crippen molar-refractivity contribution < 1.29 is 4.79 Å². The maximum Gasteiger partial charge on any atom is 0.227 e. The van der Waals surface area contributed by atoms with Gasteiger partial charge < -0.3 is 5.32 Å². The minimum absolute atomic E-state index is 0.0336. The smallest absolute Gasteiger partial charge is 0.227 e. The van der Waals surface area contributed by atoms with Crippen LogP contribution in [0.15, 0.2) is 29.2 Å². The second-order valence-corrected chi connectivity index (χ2v) is 7.87. The third-order valence-electron chi connectivity index (χ3n) is 2.71. The van der Waals surface area contributed by atoms with Gasteiger partial charge in [-0.2, -0.15) is 0 Å². The largest absolute Gasteiger partial charge is 0.301 e. The minimum atomic E-state index is -0.0336. The number of hydrogen-bond donors (Lipinski definition) is 1. The van der Waals surface area contributed by atoms with E-state index in [1.165, 1.54) is 11.3 Å². The van der Waals surface area contributed by atoms with Crippen LogP contribution in [0.4, 0.5) is 5.13 Å². The maximum atomic E-state index is 11.9. The van der Waals surface area contributed by atoms with E-state index in [4.69, 9.17) is 11.6 Å². The van der Waals surface area contributed by atoms with Gasteiger partial charge in [-0.05, 0) is 30.2 Å². The number of rotatable bonds is 7. The predicted molar refractivity (Wildman–Crippen MR) is 93.9 cm³/mol. The summed E-state index contributed by atoms with van der Waals surface area (Å²) in [6.07, 6.45) is 1.33. The summed E-state index contributed by atoms with van der Waals surface area (Å²) in [7, 11) is 0. The molecule has 0 spiro atoms. The third-order valence-corrected chi connectivity index (χ3v) is 4.83. The van der Waals surface area contributed by atoms with Gasteiger partial charge in [0.05, 0.1) is 0 Å². The third kappa shape index (κ3) is 5.94. The molecule has 0 atom stereocenters. The van der Waals surface area contributed by atoms with Crippen LogP contribution in [0.3, 0.4) is 0 Å². The molecule has 0 aliphatic rings. The van der Waals surface area contributed by atoms with Gasteiger partial charge >= 0.3 is 0 Å². The molecule has 1 N–H and O–H groups in total. The van der Waals surface area contributed by atoms with E-state index in [2.05, 4.69) is 29.4 Å². The maximum absolute atomic E-state index is 11.9. The molecule has 2 aromatic rings. The van der Waals surface area contributed by atoms with E-state index in [-0.39, 0.29) is 5.91 Å². The number of anilines is 1. The molecule has 2 rings (SSSR count). The lowest BCUT2D eigenvalue weighted by molar-refractivity contribution is -0.115. The van der Waals surface area contributed by atoms with Crippen molar-refractivity contribution in [1.82, 2.24) is 10.2 Å². The van der Waals surface area contributed by atoms with Crippen LogP contribution >= 0.6 is 34.7 Å². The second-order valence-electron chi connectivity index (χ2n) is 5.20. The van der Waals surface area contributed by atoms with Crippen LogP contribution in [0.25, 0.3) is 0 Å². The summed E-state index contributed by atoms with van der Waals surface area (Å²) < 4.78 is 0. The number of nitrogens with zero attached hydrogens (tertiary/aromatic N) is 2. The van der Waals surface area contributed by atoms with Crippen molar-refractivity contribution in [1.29, 1.82) is 0 Å². The highest BCUT2D eigenvalue weighted by Crippen LogP contribution is 2.22. The SMILES string of the molecule is CC(C)Cc1nnc(NC(=O)CCSc2ccc(Cl)cc2)s1. The molecule has 118 valence electrons. The van der Waals surface area contributed by atoms with Crippen LogP contribution in [-0.2, 0) is 11.2 Å². The van der Waals surface area contributed by atoms with Crippen LogP contribution in [0.2, 0.25) is 5.02 Å². The molecular weight excluding hydrogens is 338 g/mol. The van der Waals surface area contributed by atoms with E-state index in [0.717, 1.165) is 21.3 Å². The number of carbonyl (C=O) groups excluding carboxylic acids is 1. The minimum Gasteiger partial charge on any atom is -0.301 e. The molecule has 1 aromatic carbocycles. The fraction of sp³-hybridized carbons (Fsp3) is 0.400. The van der Waals surface area contributed by atoms with Gasteiger partial charge in [0.15, 0.2) is 0 Å². The first kappa shape index (κ1) is 17.2. The van der Waals surface area contributed by atoms with Crippen LogP contribution in [0, 0.1) is 5.92 Å². The Morgan fingerprint density at radius 2 is 2.05 bits per heavy atom. The lowest BCUT2D eigenvalue weighted by Gasteiger charge is -2.02. The highest BCUT2D eigenvalue weighted by molar-refractivity contribution is 7.99. The molecule has 4 nitrogen and oxygen atoms in total. The second kappa shape index (κ2) is 8.50. The Morgan fingerprint density at radius 1 is 1.32 bits per heavy atom. The Bertz CT molecular complexity index is 614. The average Bonchev–Trinajstić information content (AvgIpc) is 2.87. The molecule has 0 saturated heterocycles. The Morgan fingerprint density at radius 3 is 2.73 bits per heavy atom. The number of benzene rings is 1.